The smallest absolute Gasteiger partial charge is 0.253 e. The molecule has 0 radical (unpaired) electrons. The van der Waals surface area contributed by atoms with Gasteiger partial charge in [0.05, 0.1) is 37.8 Å². The predicted molar refractivity (Wildman–Crippen MR) is 85.3 cm³/mol. The average molecular weight is 318 g/mol. The minimum Gasteiger partial charge on any atom is -0.376 e. The van der Waals surface area contributed by atoms with Crippen molar-refractivity contribution in [1.29, 1.82) is 0 Å². The lowest BCUT2D eigenvalue weighted by Crippen LogP contribution is -2.39. The summed E-state index contributed by atoms with van der Waals surface area (Å²) in [5.74, 6) is 0.335. The molecule has 0 aliphatic carbocycles. The minimum atomic E-state index is -0.174. The van der Waals surface area contributed by atoms with Crippen LogP contribution >= 0.6 is 0 Å². The Hall–Kier alpha value is -1.99. The second-order valence-corrected chi connectivity index (χ2v) is 6.14. The van der Waals surface area contributed by atoms with E-state index >= 15 is 0 Å². The first-order valence-corrected chi connectivity index (χ1v) is 7.92. The zero-order valence-corrected chi connectivity index (χ0v) is 13.5. The van der Waals surface area contributed by atoms with Crippen molar-refractivity contribution in [3.05, 3.63) is 24.2 Å². The van der Waals surface area contributed by atoms with Crippen LogP contribution in [0.15, 0.2) is 18.6 Å². The second-order valence-electron chi connectivity index (χ2n) is 6.14. The summed E-state index contributed by atoms with van der Waals surface area (Å²) in [7, 11) is 0. The van der Waals surface area contributed by atoms with E-state index in [1.807, 2.05) is 4.57 Å². The lowest BCUT2D eigenvalue weighted by atomic mass is 10.2. The Morgan fingerprint density at radius 2 is 2.30 bits per heavy atom. The number of carbonyl (C=O) groups excluding carboxylic acids is 1. The third kappa shape index (κ3) is 3.86. The molecule has 1 fully saturated rings. The van der Waals surface area contributed by atoms with Crippen molar-refractivity contribution in [3.63, 3.8) is 0 Å². The topological polar surface area (TPSA) is 78.3 Å². The van der Waals surface area contributed by atoms with Gasteiger partial charge in [0.15, 0.2) is 5.65 Å². The van der Waals surface area contributed by atoms with E-state index in [0.29, 0.717) is 37.8 Å². The van der Waals surface area contributed by atoms with Crippen LogP contribution in [0.25, 0.3) is 11.2 Å². The summed E-state index contributed by atoms with van der Waals surface area (Å²) in [6.45, 7) is 7.27. The van der Waals surface area contributed by atoms with Gasteiger partial charge in [0.1, 0.15) is 5.52 Å². The lowest BCUT2D eigenvalue weighted by Gasteiger charge is -2.23. The molecule has 1 unspecified atom stereocenters. The summed E-state index contributed by atoms with van der Waals surface area (Å²) >= 11 is 0. The van der Waals surface area contributed by atoms with Crippen molar-refractivity contribution in [2.45, 2.75) is 26.5 Å². The van der Waals surface area contributed by atoms with Crippen LogP contribution in [-0.2, 0) is 16.0 Å². The monoisotopic (exact) mass is 318 g/mol. The van der Waals surface area contributed by atoms with Crippen molar-refractivity contribution >= 4 is 17.1 Å². The standard InChI is InChI=1S/C16H22N4O3/c1-11(2)8-20-10-19-14-5-12(6-17-15(14)20)16(21)18-7-13-9-22-3-4-23-13/h5-6,10-11,13H,3-4,7-9H2,1-2H3,(H,18,21). The first-order valence-electron chi connectivity index (χ1n) is 7.92. The van der Waals surface area contributed by atoms with Gasteiger partial charge in [-0.05, 0) is 12.0 Å². The van der Waals surface area contributed by atoms with E-state index in [1.165, 1.54) is 0 Å². The van der Waals surface area contributed by atoms with E-state index in [4.69, 9.17) is 9.47 Å². The molecule has 7 nitrogen and oxygen atoms in total. The molecule has 124 valence electrons. The quantitative estimate of drug-likeness (QED) is 0.897. The number of aromatic nitrogens is 3. The molecule has 2 aromatic heterocycles. The molecule has 7 heteroatoms. The molecule has 1 atom stereocenters. The molecule has 2 aromatic rings. The normalized spacial score (nSPS) is 18.5. The number of pyridine rings is 1. The first kappa shape index (κ1) is 15.9. The zero-order chi connectivity index (χ0) is 16.2. The molecule has 0 saturated carbocycles. The summed E-state index contributed by atoms with van der Waals surface area (Å²) in [5, 5.41) is 2.85. The maximum absolute atomic E-state index is 12.2. The van der Waals surface area contributed by atoms with Crippen LogP contribution in [0.2, 0.25) is 0 Å². The van der Waals surface area contributed by atoms with Gasteiger partial charge in [0.2, 0.25) is 0 Å². The molecule has 0 bridgehead atoms. The van der Waals surface area contributed by atoms with Crippen LogP contribution < -0.4 is 5.32 Å². The van der Waals surface area contributed by atoms with Gasteiger partial charge in [-0.2, -0.15) is 0 Å². The molecule has 3 rings (SSSR count). The highest BCUT2D eigenvalue weighted by atomic mass is 16.6. The van der Waals surface area contributed by atoms with Crippen LogP contribution in [0, 0.1) is 5.92 Å². The van der Waals surface area contributed by atoms with Gasteiger partial charge in [0.25, 0.3) is 5.91 Å². The number of nitrogens with one attached hydrogen (secondary N) is 1. The lowest BCUT2D eigenvalue weighted by molar-refractivity contribution is -0.0855. The van der Waals surface area contributed by atoms with Crippen LogP contribution in [0.4, 0.5) is 0 Å². The van der Waals surface area contributed by atoms with Gasteiger partial charge < -0.3 is 19.4 Å². The maximum atomic E-state index is 12.2. The van der Waals surface area contributed by atoms with Crippen LogP contribution in [0.3, 0.4) is 0 Å². The number of ether oxygens (including phenoxy) is 2. The van der Waals surface area contributed by atoms with Crippen LogP contribution in [0.1, 0.15) is 24.2 Å². The molecule has 0 aromatic carbocycles. The highest BCUT2D eigenvalue weighted by Crippen LogP contribution is 2.13. The molecular weight excluding hydrogens is 296 g/mol. The first-order chi connectivity index (χ1) is 11.1. The second kappa shape index (κ2) is 7.06. The third-order valence-electron chi connectivity index (χ3n) is 3.65. The Bertz CT molecular complexity index is 677. The Morgan fingerprint density at radius 1 is 1.43 bits per heavy atom. The van der Waals surface area contributed by atoms with Crippen molar-refractivity contribution in [1.82, 2.24) is 19.9 Å². The van der Waals surface area contributed by atoms with Gasteiger partial charge in [-0.3, -0.25) is 4.79 Å². The van der Waals surface area contributed by atoms with Crippen molar-refractivity contribution < 1.29 is 14.3 Å². The fourth-order valence-corrected chi connectivity index (χ4v) is 2.56. The number of hydrogen-bond donors (Lipinski definition) is 1. The Labute approximate surface area is 135 Å². The van der Waals surface area contributed by atoms with Crippen molar-refractivity contribution in [2.24, 2.45) is 5.92 Å². The summed E-state index contributed by atoms with van der Waals surface area (Å²) in [5.41, 5.74) is 2.04. The van der Waals surface area contributed by atoms with Gasteiger partial charge in [-0.25, -0.2) is 9.97 Å². The molecule has 1 N–H and O–H groups in total. The van der Waals surface area contributed by atoms with Gasteiger partial charge in [-0.1, -0.05) is 13.8 Å². The minimum absolute atomic E-state index is 0.0883. The van der Waals surface area contributed by atoms with E-state index in [9.17, 15) is 4.79 Å². The van der Waals surface area contributed by atoms with E-state index in [2.05, 4.69) is 29.1 Å². The Kier molecular flexibility index (Phi) is 4.88. The van der Waals surface area contributed by atoms with Crippen molar-refractivity contribution in [2.75, 3.05) is 26.4 Å². The number of carbonyl (C=O) groups is 1. The van der Waals surface area contributed by atoms with E-state index < -0.39 is 0 Å². The number of hydrogen-bond acceptors (Lipinski definition) is 5. The average Bonchev–Trinajstić information content (AvgIpc) is 2.95. The van der Waals surface area contributed by atoms with E-state index in [1.54, 1.807) is 18.6 Å². The molecule has 23 heavy (non-hydrogen) atoms. The molecule has 1 amide bonds. The number of rotatable bonds is 5. The number of imidazole rings is 1. The summed E-state index contributed by atoms with van der Waals surface area (Å²) in [6, 6.07) is 1.77. The molecular formula is C16H22N4O3. The SMILES string of the molecule is CC(C)Cn1cnc2cc(C(=O)NCC3COCCO3)cnc21. The largest absolute Gasteiger partial charge is 0.376 e. The molecule has 1 aliphatic rings. The molecule has 1 aliphatic heterocycles. The number of fused-ring (bicyclic) bond motifs is 1. The number of nitrogens with zero attached hydrogens (tertiary/aromatic N) is 3. The highest BCUT2D eigenvalue weighted by Gasteiger charge is 2.16. The van der Waals surface area contributed by atoms with Gasteiger partial charge >= 0.3 is 0 Å². The van der Waals surface area contributed by atoms with Gasteiger partial charge in [-0.15, -0.1) is 0 Å². The Balaban J connectivity index is 1.66. The molecule has 3 heterocycles. The van der Waals surface area contributed by atoms with E-state index in [0.717, 1.165) is 17.7 Å². The fourth-order valence-electron chi connectivity index (χ4n) is 2.56. The Morgan fingerprint density at radius 3 is 3.04 bits per heavy atom. The van der Waals surface area contributed by atoms with Gasteiger partial charge in [0, 0.05) is 19.3 Å². The highest BCUT2D eigenvalue weighted by molar-refractivity contribution is 5.96. The van der Waals surface area contributed by atoms with Crippen LogP contribution in [-0.4, -0.2) is 52.9 Å². The van der Waals surface area contributed by atoms with E-state index in [-0.39, 0.29) is 12.0 Å². The third-order valence-corrected chi connectivity index (χ3v) is 3.65. The summed E-state index contributed by atoms with van der Waals surface area (Å²) in [6.07, 6.45) is 3.27. The molecule has 1 saturated heterocycles. The molecule has 0 spiro atoms. The zero-order valence-electron chi connectivity index (χ0n) is 13.5. The summed E-state index contributed by atoms with van der Waals surface area (Å²) < 4.78 is 12.8. The number of amides is 1. The van der Waals surface area contributed by atoms with Crippen molar-refractivity contribution in [3.8, 4) is 0 Å². The van der Waals surface area contributed by atoms with Crippen LogP contribution in [0.5, 0.6) is 0 Å². The summed E-state index contributed by atoms with van der Waals surface area (Å²) in [4.78, 5) is 21.0. The fraction of sp³-hybridized carbons (Fsp3) is 0.562. The predicted octanol–water partition coefficient (Wildman–Crippen LogP) is 1.23. The maximum Gasteiger partial charge on any atom is 0.253 e.